The van der Waals surface area contributed by atoms with Crippen LogP contribution in [0.3, 0.4) is 0 Å². The van der Waals surface area contributed by atoms with Crippen molar-refractivity contribution in [3.8, 4) is 23.6 Å². The maximum Gasteiger partial charge on any atom is 0.133 e. The Morgan fingerprint density at radius 3 is 2.00 bits per heavy atom. The van der Waals surface area contributed by atoms with E-state index in [1.165, 1.54) is 5.56 Å². The van der Waals surface area contributed by atoms with Gasteiger partial charge in [-0.3, -0.25) is 0 Å². The predicted octanol–water partition coefficient (Wildman–Crippen LogP) is 4.15. The summed E-state index contributed by atoms with van der Waals surface area (Å²) in [4.78, 5) is 0. The Morgan fingerprint density at radius 2 is 1.45 bits per heavy atom. The van der Waals surface area contributed by atoms with E-state index in [1.807, 2.05) is 32.9 Å². The highest BCUT2D eigenvalue weighted by Gasteiger charge is 2.09. The van der Waals surface area contributed by atoms with Crippen molar-refractivity contribution in [1.82, 2.24) is 0 Å². The average molecular weight is 262 g/mol. The molecule has 0 heterocycles. The number of nitriles is 2. The molecule has 0 unspecified atom stereocenters. The summed E-state index contributed by atoms with van der Waals surface area (Å²) in [5.41, 5.74) is 3.96. The molecule has 0 fully saturated rings. The number of aryl methyl sites for hydroxylation is 3. The van der Waals surface area contributed by atoms with Gasteiger partial charge in [-0.05, 0) is 50.1 Å². The molecular weight excluding hydrogens is 248 g/mol. The summed E-state index contributed by atoms with van der Waals surface area (Å²) in [5, 5.41) is 17.9. The maximum absolute atomic E-state index is 9.03. The van der Waals surface area contributed by atoms with E-state index in [0.717, 1.165) is 16.9 Å². The summed E-state index contributed by atoms with van der Waals surface area (Å²) in [5.74, 6) is 1.36. The zero-order chi connectivity index (χ0) is 14.7. The van der Waals surface area contributed by atoms with Gasteiger partial charge in [0.25, 0.3) is 0 Å². The number of hydrogen-bond donors (Lipinski definition) is 0. The van der Waals surface area contributed by atoms with Crippen molar-refractivity contribution in [3.63, 3.8) is 0 Å². The third-order valence-corrected chi connectivity index (χ3v) is 3.06. The predicted molar refractivity (Wildman–Crippen MR) is 76.6 cm³/mol. The highest BCUT2D eigenvalue weighted by atomic mass is 16.5. The molecule has 3 nitrogen and oxygen atoms in total. The van der Waals surface area contributed by atoms with Crippen LogP contribution in [0.5, 0.6) is 11.5 Å². The molecule has 0 radical (unpaired) electrons. The molecule has 0 saturated carbocycles. The Labute approximate surface area is 118 Å². The molecule has 0 aliphatic carbocycles. The molecular formula is C17H14N2O. The van der Waals surface area contributed by atoms with Crippen LogP contribution in [-0.2, 0) is 0 Å². The number of benzene rings is 2. The van der Waals surface area contributed by atoms with Gasteiger partial charge in [0.2, 0.25) is 0 Å². The second kappa shape index (κ2) is 5.47. The lowest BCUT2D eigenvalue weighted by Gasteiger charge is -2.13. The first-order chi connectivity index (χ1) is 9.55. The molecule has 2 rings (SSSR count). The topological polar surface area (TPSA) is 56.8 Å². The number of rotatable bonds is 2. The van der Waals surface area contributed by atoms with Gasteiger partial charge in [-0.15, -0.1) is 0 Å². The SMILES string of the molecule is Cc1cc(C)c(Oc2ccc(C#N)c(C#N)c2)c(C)c1. The van der Waals surface area contributed by atoms with Gasteiger partial charge in [-0.1, -0.05) is 17.7 Å². The Hall–Kier alpha value is -2.78. The lowest BCUT2D eigenvalue weighted by molar-refractivity contribution is 0.474. The maximum atomic E-state index is 9.03. The van der Waals surface area contributed by atoms with E-state index in [1.54, 1.807) is 18.2 Å². The van der Waals surface area contributed by atoms with E-state index >= 15 is 0 Å². The van der Waals surface area contributed by atoms with Crippen molar-refractivity contribution in [2.75, 3.05) is 0 Å². The van der Waals surface area contributed by atoms with E-state index in [2.05, 4.69) is 12.1 Å². The lowest BCUT2D eigenvalue weighted by atomic mass is 10.1. The highest BCUT2D eigenvalue weighted by Crippen LogP contribution is 2.30. The molecule has 20 heavy (non-hydrogen) atoms. The minimum absolute atomic E-state index is 0.326. The molecule has 0 saturated heterocycles. The molecule has 2 aromatic rings. The van der Waals surface area contributed by atoms with Gasteiger partial charge in [-0.2, -0.15) is 10.5 Å². The summed E-state index contributed by atoms with van der Waals surface area (Å²) in [6.45, 7) is 6.02. The smallest absolute Gasteiger partial charge is 0.133 e. The molecule has 0 aromatic heterocycles. The summed E-state index contributed by atoms with van der Waals surface area (Å²) in [6, 6.07) is 13.0. The largest absolute Gasteiger partial charge is 0.457 e. The second-order valence-electron chi connectivity index (χ2n) is 4.76. The molecule has 0 spiro atoms. The van der Waals surface area contributed by atoms with E-state index in [-0.39, 0.29) is 0 Å². The second-order valence-corrected chi connectivity index (χ2v) is 4.76. The molecule has 0 bridgehead atoms. The first kappa shape index (κ1) is 13.6. The van der Waals surface area contributed by atoms with Gasteiger partial charge in [0, 0.05) is 0 Å². The van der Waals surface area contributed by atoms with Crippen LogP contribution in [0, 0.1) is 43.4 Å². The standard InChI is InChI=1S/C17H14N2O/c1-11-6-12(2)17(13(3)7-11)20-16-5-4-14(9-18)15(8-16)10-19/h4-8H,1-3H3. The van der Waals surface area contributed by atoms with Crippen molar-refractivity contribution in [2.24, 2.45) is 0 Å². The van der Waals surface area contributed by atoms with Gasteiger partial charge in [0.1, 0.15) is 23.6 Å². The summed E-state index contributed by atoms with van der Waals surface area (Å²) in [6.07, 6.45) is 0. The van der Waals surface area contributed by atoms with Gasteiger partial charge < -0.3 is 4.74 Å². The van der Waals surface area contributed by atoms with Gasteiger partial charge in [-0.25, -0.2) is 0 Å². The molecule has 0 N–H and O–H groups in total. The van der Waals surface area contributed by atoms with Crippen LogP contribution < -0.4 is 4.74 Å². The normalized spacial score (nSPS) is 9.65. The Balaban J connectivity index is 2.42. The minimum atomic E-state index is 0.326. The average Bonchev–Trinajstić information content (AvgIpc) is 2.42. The molecule has 98 valence electrons. The monoisotopic (exact) mass is 262 g/mol. The Morgan fingerprint density at radius 1 is 0.850 bits per heavy atom. The van der Waals surface area contributed by atoms with Crippen LogP contribution in [0.15, 0.2) is 30.3 Å². The van der Waals surface area contributed by atoms with Gasteiger partial charge in [0.05, 0.1) is 11.1 Å². The molecule has 2 aromatic carbocycles. The first-order valence-corrected chi connectivity index (χ1v) is 6.25. The van der Waals surface area contributed by atoms with Crippen molar-refractivity contribution >= 4 is 0 Å². The Kier molecular flexibility index (Phi) is 3.73. The van der Waals surface area contributed by atoms with Crippen molar-refractivity contribution < 1.29 is 4.74 Å². The van der Waals surface area contributed by atoms with Gasteiger partial charge in [0.15, 0.2) is 0 Å². The van der Waals surface area contributed by atoms with Crippen molar-refractivity contribution in [3.05, 3.63) is 58.1 Å². The van der Waals surface area contributed by atoms with E-state index in [4.69, 9.17) is 15.3 Å². The highest BCUT2D eigenvalue weighted by molar-refractivity contribution is 5.51. The third-order valence-electron chi connectivity index (χ3n) is 3.06. The van der Waals surface area contributed by atoms with Crippen LogP contribution in [0.4, 0.5) is 0 Å². The lowest BCUT2D eigenvalue weighted by Crippen LogP contribution is -1.93. The summed E-state index contributed by atoms with van der Waals surface area (Å²) in [7, 11) is 0. The minimum Gasteiger partial charge on any atom is -0.457 e. The van der Waals surface area contributed by atoms with Crippen LogP contribution in [-0.4, -0.2) is 0 Å². The fraction of sp³-hybridized carbons (Fsp3) is 0.176. The summed E-state index contributed by atoms with van der Waals surface area (Å²) >= 11 is 0. The third kappa shape index (κ3) is 2.63. The van der Waals surface area contributed by atoms with Gasteiger partial charge >= 0.3 is 0 Å². The first-order valence-electron chi connectivity index (χ1n) is 6.25. The molecule has 0 aliphatic rings. The molecule has 0 aliphatic heterocycles. The van der Waals surface area contributed by atoms with Crippen molar-refractivity contribution in [1.29, 1.82) is 10.5 Å². The van der Waals surface area contributed by atoms with Crippen LogP contribution in [0.25, 0.3) is 0 Å². The van der Waals surface area contributed by atoms with E-state index < -0.39 is 0 Å². The number of ether oxygens (including phenoxy) is 1. The summed E-state index contributed by atoms with van der Waals surface area (Å²) < 4.78 is 5.88. The van der Waals surface area contributed by atoms with Crippen LogP contribution in [0.1, 0.15) is 27.8 Å². The van der Waals surface area contributed by atoms with E-state index in [0.29, 0.717) is 16.9 Å². The van der Waals surface area contributed by atoms with Crippen LogP contribution in [0.2, 0.25) is 0 Å². The Bertz CT molecular complexity index is 726. The quantitative estimate of drug-likeness (QED) is 0.817. The molecule has 0 amide bonds. The fourth-order valence-corrected chi connectivity index (χ4v) is 2.22. The molecule has 0 atom stereocenters. The van der Waals surface area contributed by atoms with E-state index in [9.17, 15) is 0 Å². The zero-order valence-electron chi connectivity index (χ0n) is 11.7. The molecule has 3 heteroatoms. The number of hydrogen-bond acceptors (Lipinski definition) is 3. The van der Waals surface area contributed by atoms with Crippen molar-refractivity contribution in [2.45, 2.75) is 20.8 Å². The number of nitrogens with zero attached hydrogens (tertiary/aromatic N) is 2. The fourth-order valence-electron chi connectivity index (χ4n) is 2.22. The zero-order valence-corrected chi connectivity index (χ0v) is 11.7. The van der Waals surface area contributed by atoms with Crippen LogP contribution >= 0.6 is 0 Å².